The van der Waals surface area contributed by atoms with Crippen molar-refractivity contribution in [3.63, 3.8) is 0 Å². The molecule has 1 aromatic carbocycles. The van der Waals surface area contributed by atoms with Gasteiger partial charge in [0.05, 0.1) is 11.3 Å². The lowest BCUT2D eigenvalue weighted by molar-refractivity contribution is 0.0697. The minimum absolute atomic E-state index is 0.0780. The molecule has 0 saturated carbocycles. The number of carboxylic acids is 1. The van der Waals surface area contributed by atoms with Crippen LogP contribution >= 0.6 is 0 Å². The largest absolute Gasteiger partial charge is 0.478 e. The maximum Gasteiger partial charge on any atom is 0.338 e. The summed E-state index contributed by atoms with van der Waals surface area (Å²) in [5.74, 6) is -0.226. The summed E-state index contributed by atoms with van der Waals surface area (Å²) in [6, 6.07) is 1.61. The van der Waals surface area contributed by atoms with Gasteiger partial charge in [-0.1, -0.05) is 0 Å². The summed E-state index contributed by atoms with van der Waals surface area (Å²) in [6.07, 6.45) is 0. The molecule has 1 aliphatic heterocycles. The Bertz CT molecular complexity index is 414. The molecule has 5 nitrogen and oxygen atoms in total. The van der Waals surface area contributed by atoms with E-state index in [4.69, 9.17) is 20.3 Å². The van der Waals surface area contributed by atoms with Crippen molar-refractivity contribution in [2.45, 2.75) is 6.92 Å². The summed E-state index contributed by atoms with van der Waals surface area (Å²) in [4.78, 5) is 10.9. The highest BCUT2D eigenvalue weighted by atomic mass is 16.7. The third-order valence-corrected chi connectivity index (χ3v) is 2.11. The standard InChI is InChI=1S/C9H9NO4/c1-4-2-5-8(14-3-13-5)7(10)6(4)9(11)12/h2H,3,10H2,1H3,(H,11,12). The van der Waals surface area contributed by atoms with Gasteiger partial charge in [-0.25, -0.2) is 4.79 Å². The number of aromatic carboxylic acids is 1. The molecule has 14 heavy (non-hydrogen) atoms. The number of fused-ring (bicyclic) bond motifs is 1. The van der Waals surface area contributed by atoms with Gasteiger partial charge >= 0.3 is 5.97 Å². The highest BCUT2D eigenvalue weighted by Gasteiger charge is 2.24. The molecule has 0 bridgehead atoms. The van der Waals surface area contributed by atoms with Gasteiger partial charge in [0.1, 0.15) is 0 Å². The molecule has 2 rings (SSSR count). The first-order valence-corrected chi connectivity index (χ1v) is 4.03. The number of anilines is 1. The maximum atomic E-state index is 10.9. The normalized spacial score (nSPS) is 12.9. The fourth-order valence-electron chi connectivity index (χ4n) is 1.48. The Morgan fingerprint density at radius 2 is 2.29 bits per heavy atom. The molecule has 0 aromatic heterocycles. The number of hydrogen-bond acceptors (Lipinski definition) is 4. The minimum atomic E-state index is -1.06. The van der Waals surface area contributed by atoms with Gasteiger partial charge in [0.25, 0.3) is 0 Å². The molecule has 0 amide bonds. The first kappa shape index (κ1) is 8.68. The third kappa shape index (κ3) is 1.06. The number of carbonyl (C=O) groups is 1. The topological polar surface area (TPSA) is 81.8 Å². The minimum Gasteiger partial charge on any atom is -0.478 e. The fourth-order valence-corrected chi connectivity index (χ4v) is 1.48. The molecule has 0 radical (unpaired) electrons. The molecule has 1 heterocycles. The van der Waals surface area contributed by atoms with Crippen molar-refractivity contribution in [2.75, 3.05) is 12.5 Å². The predicted octanol–water partition coefficient (Wildman–Crippen LogP) is 1.00. The maximum absolute atomic E-state index is 10.9. The van der Waals surface area contributed by atoms with Gasteiger partial charge in [0, 0.05) is 0 Å². The molecule has 3 N–H and O–H groups in total. The highest BCUT2D eigenvalue weighted by molar-refractivity contribution is 5.97. The quantitative estimate of drug-likeness (QED) is 0.653. The van der Waals surface area contributed by atoms with Gasteiger partial charge in [0.15, 0.2) is 11.5 Å². The molecule has 0 spiro atoms. The number of nitrogen functional groups attached to an aromatic ring is 1. The lowest BCUT2D eigenvalue weighted by Gasteiger charge is -2.07. The zero-order valence-electron chi connectivity index (χ0n) is 7.53. The van der Waals surface area contributed by atoms with Crippen LogP contribution in [0.2, 0.25) is 0 Å². The third-order valence-electron chi connectivity index (χ3n) is 2.11. The molecule has 0 fully saturated rings. The SMILES string of the molecule is Cc1cc2c(c(N)c1C(=O)O)OCO2. The first-order valence-electron chi connectivity index (χ1n) is 4.03. The Morgan fingerprint density at radius 1 is 1.57 bits per heavy atom. The van der Waals surface area contributed by atoms with Crippen molar-refractivity contribution in [3.05, 3.63) is 17.2 Å². The smallest absolute Gasteiger partial charge is 0.338 e. The Labute approximate surface area is 80.0 Å². The van der Waals surface area contributed by atoms with E-state index < -0.39 is 5.97 Å². The summed E-state index contributed by atoms with van der Waals surface area (Å²) in [7, 11) is 0. The van der Waals surface area contributed by atoms with Gasteiger partial charge in [0.2, 0.25) is 6.79 Å². The zero-order chi connectivity index (χ0) is 10.3. The summed E-state index contributed by atoms with van der Waals surface area (Å²) in [5, 5.41) is 8.90. The van der Waals surface area contributed by atoms with Gasteiger partial charge in [-0.2, -0.15) is 0 Å². The van der Waals surface area contributed by atoms with Crippen molar-refractivity contribution in [1.82, 2.24) is 0 Å². The monoisotopic (exact) mass is 195 g/mol. The summed E-state index contributed by atoms with van der Waals surface area (Å²) in [5.41, 5.74) is 6.43. The van der Waals surface area contributed by atoms with Gasteiger partial charge in [-0.05, 0) is 18.6 Å². The van der Waals surface area contributed by atoms with E-state index >= 15 is 0 Å². The lowest BCUT2D eigenvalue weighted by atomic mass is 10.1. The van der Waals surface area contributed by atoms with E-state index in [1.807, 2.05) is 0 Å². The molecule has 74 valence electrons. The van der Waals surface area contributed by atoms with Crippen LogP contribution < -0.4 is 15.2 Å². The van der Waals surface area contributed by atoms with Crippen LogP contribution in [0.4, 0.5) is 5.69 Å². The zero-order valence-corrected chi connectivity index (χ0v) is 7.53. The molecule has 0 saturated heterocycles. The van der Waals surface area contributed by atoms with E-state index in [2.05, 4.69) is 0 Å². The second-order valence-corrected chi connectivity index (χ2v) is 3.02. The van der Waals surface area contributed by atoms with E-state index in [0.717, 1.165) is 0 Å². The van der Waals surface area contributed by atoms with Gasteiger partial charge in [-0.15, -0.1) is 0 Å². The van der Waals surface area contributed by atoms with Crippen molar-refractivity contribution in [1.29, 1.82) is 0 Å². The van der Waals surface area contributed by atoms with Crippen molar-refractivity contribution in [3.8, 4) is 11.5 Å². The Balaban J connectivity index is 2.68. The number of aryl methyl sites for hydroxylation is 1. The molecule has 5 heteroatoms. The van der Waals surface area contributed by atoms with Gasteiger partial charge < -0.3 is 20.3 Å². The molecule has 1 aliphatic rings. The average molecular weight is 195 g/mol. The van der Waals surface area contributed by atoms with E-state index in [1.165, 1.54) is 0 Å². The van der Waals surface area contributed by atoms with Crippen LogP contribution in [0.15, 0.2) is 6.07 Å². The van der Waals surface area contributed by atoms with E-state index in [-0.39, 0.29) is 18.0 Å². The van der Waals surface area contributed by atoms with Crippen LogP contribution in [0.25, 0.3) is 0 Å². The van der Waals surface area contributed by atoms with Crippen molar-refractivity contribution >= 4 is 11.7 Å². The molecule has 0 unspecified atom stereocenters. The molecule has 0 atom stereocenters. The number of carboxylic acid groups (broad SMARTS) is 1. The van der Waals surface area contributed by atoms with Crippen LogP contribution in [-0.4, -0.2) is 17.9 Å². The Hall–Kier alpha value is -1.91. The van der Waals surface area contributed by atoms with Crippen LogP contribution in [0.3, 0.4) is 0 Å². The molecule has 0 aliphatic carbocycles. The lowest BCUT2D eigenvalue weighted by Crippen LogP contribution is -2.05. The Kier molecular flexibility index (Phi) is 1.73. The number of nitrogens with two attached hydrogens (primary N) is 1. The summed E-state index contributed by atoms with van der Waals surface area (Å²) >= 11 is 0. The van der Waals surface area contributed by atoms with Crippen LogP contribution in [-0.2, 0) is 0 Å². The Morgan fingerprint density at radius 3 is 2.93 bits per heavy atom. The van der Waals surface area contributed by atoms with Crippen LogP contribution in [0.1, 0.15) is 15.9 Å². The molecular weight excluding hydrogens is 186 g/mol. The number of benzene rings is 1. The number of ether oxygens (including phenoxy) is 2. The van der Waals surface area contributed by atoms with Crippen molar-refractivity contribution in [2.24, 2.45) is 0 Å². The second kappa shape index (κ2) is 2.80. The van der Waals surface area contributed by atoms with E-state index in [1.54, 1.807) is 13.0 Å². The summed E-state index contributed by atoms with van der Waals surface area (Å²) in [6.45, 7) is 1.75. The van der Waals surface area contributed by atoms with Crippen LogP contribution in [0.5, 0.6) is 11.5 Å². The van der Waals surface area contributed by atoms with Gasteiger partial charge in [-0.3, -0.25) is 0 Å². The highest BCUT2D eigenvalue weighted by Crippen LogP contribution is 2.41. The van der Waals surface area contributed by atoms with Crippen LogP contribution in [0, 0.1) is 6.92 Å². The number of rotatable bonds is 1. The first-order chi connectivity index (χ1) is 6.61. The molecule has 1 aromatic rings. The average Bonchev–Trinajstić information content (AvgIpc) is 2.50. The van der Waals surface area contributed by atoms with E-state index in [0.29, 0.717) is 17.1 Å². The predicted molar refractivity (Wildman–Crippen MR) is 48.7 cm³/mol. The van der Waals surface area contributed by atoms with E-state index in [9.17, 15) is 4.79 Å². The fraction of sp³-hybridized carbons (Fsp3) is 0.222. The molecular formula is C9H9NO4. The summed E-state index contributed by atoms with van der Waals surface area (Å²) < 4.78 is 10.2. The van der Waals surface area contributed by atoms with Crippen molar-refractivity contribution < 1.29 is 19.4 Å². The second-order valence-electron chi connectivity index (χ2n) is 3.02. The number of hydrogen-bond donors (Lipinski definition) is 2.